The molecule has 1 fully saturated rings. The molecule has 1 aliphatic rings. The lowest BCUT2D eigenvalue weighted by Crippen LogP contribution is -2.33. The first-order valence-electron chi connectivity index (χ1n) is 3.32. The Hall–Kier alpha value is 0.160. The number of carbonyl (C=O) groups is 1. The highest BCUT2D eigenvalue weighted by molar-refractivity contribution is 14.1. The molecule has 0 aromatic rings. The van der Waals surface area contributed by atoms with E-state index in [0.29, 0.717) is 5.92 Å². The molecule has 0 aliphatic heterocycles. The van der Waals surface area contributed by atoms with Gasteiger partial charge in [-0.05, 0) is 18.8 Å². The van der Waals surface area contributed by atoms with Gasteiger partial charge in [0.1, 0.15) is 0 Å². The van der Waals surface area contributed by atoms with Crippen LogP contribution < -0.4 is 3.69 Å². The molecule has 1 aliphatic carbocycles. The van der Waals surface area contributed by atoms with Gasteiger partial charge >= 0.3 is 5.97 Å². The van der Waals surface area contributed by atoms with Crippen LogP contribution in [0.5, 0.6) is 0 Å². The average Bonchev–Trinajstić information content (AvgIpc) is 1.85. The maximum absolute atomic E-state index is 10.9. The second-order valence-electron chi connectivity index (χ2n) is 2.66. The summed E-state index contributed by atoms with van der Waals surface area (Å²) in [7, 11) is 0. The van der Waals surface area contributed by atoms with Gasteiger partial charge in [-0.3, -0.25) is 4.79 Å². The lowest BCUT2D eigenvalue weighted by molar-refractivity contribution is -0.156. The van der Waals surface area contributed by atoms with Gasteiger partial charge in [0.2, 0.25) is 0 Å². The quantitative estimate of drug-likeness (QED) is 0.461. The van der Waals surface area contributed by atoms with Gasteiger partial charge in [0, 0.05) is 0 Å². The zero-order valence-corrected chi connectivity index (χ0v) is 7.92. The molecule has 1 N–H and O–H groups in total. The van der Waals surface area contributed by atoms with Crippen molar-refractivity contribution in [2.24, 2.45) is 11.8 Å². The van der Waals surface area contributed by atoms with Crippen molar-refractivity contribution in [2.45, 2.75) is 19.8 Å². The Labute approximate surface area is 74.0 Å². The van der Waals surface area contributed by atoms with Crippen LogP contribution in [0.2, 0.25) is 0 Å². The Morgan fingerprint density at radius 2 is 2.40 bits per heavy atom. The fourth-order valence-electron chi connectivity index (χ4n) is 1.13. The summed E-state index contributed by atoms with van der Waals surface area (Å²) >= 11 is 1.79. The Kier molecular flexibility index (Phi) is 2.91. The molecule has 58 valence electrons. The van der Waals surface area contributed by atoms with Crippen LogP contribution in [0, 0.1) is 11.8 Å². The van der Waals surface area contributed by atoms with Gasteiger partial charge in [0.25, 0.3) is 0 Å². The van der Waals surface area contributed by atoms with Gasteiger partial charge in [-0.15, -0.1) is 0 Å². The van der Waals surface area contributed by atoms with Crippen molar-refractivity contribution in [2.75, 3.05) is 0 Å². The lowest BCUT2D eigenvalue weighted by atomic mass is 9.75. The molecule has 0 bridgehead atoms. The maximum atomic E-state index is 10.9. The van der Waals surface area contributed by atoms with Crippen LogP contribution >= 0.6 is 22.9 Å². The predicted molar refractivity (Wildman–Crippen MR) is 45.1 cm³/mol. The van der Waals surface area contributed by atoms with E-state index in [9.17, 15) is 4.79 Å². The first-order valence-corrected chi connectivity index (χ1v) is 4.40. The summed E-state index contributed by atoms with van der Waals surface area (Å²) in [6.45, 7) is 2.07. The minimum absolute atomic E-state index is 0.117. The first kappa shape index (κ1) is 8.26. The van der Waals surface area contributed by atoms with Gasteiger partial charge in [-0.2, -0.15) is 0 Å². The van der Waals surface area contributed by atoms with Crippen LogP contribution in [0.3, 0.4) is 0 Å². The Morgan fingerprint density at radius 3 is 2.70 bits per heavy atom. The van der Waals surface area contributed by atoms with E-state index in [2.05, 4.69) is 15.5 Å². The second kappa shape index (κ2) is 3.52. The third-order valence-electron chi connectivity index (χ3n) is 2.06. The summed E-state index contributed by atoms with van der Waals surface area (Å²) in [5.74, 6) is 0.535. The second-order valence-corrected chi connectivity index (χ2v) is 3.10. The zero-order chi connectivity index (χ0) is 7.56. The average molecular weight is 255 g/mol. The highest BCUT2D eigenvalue weighted by Gasteiger charge is 2.34. The van der Waals surface area contributed by atoms with E-state index in [1.807, 2.05) is 0 Å². The lowest BCUT2D eigenvalue weighted by Gasteiger charge is -2.30. The summed E-state index contributed by atoms with van der Waals surface area (Å²) < 4.78 is 2.36. The van der Waals surface area contributed by atoms with E-state index < -0.39 is 0 Å². The molecule has 0 spiro atoms. The highest BCUT2D eigenvalue weighted by atomic mass is 127. The molecular formula is C6H10INO2. The van der Waals surface area contributed by atoms with Crippen LogP contribution in [0.25, 0.3) is 0 Å². The van der Waals surface area contributed by atoms with E-state index in [1.165, 1.54) is 0 Å². The van der Waals surface area contributed by atoms with E-state index in [4.69, 9.17) is 0 Å². The van der Waals surface area contributed by atoms with E-state index >= 15 is 0 Å². The van der Waals surface area contributed by atoms with Crippen LogP contribution in [0.4, 0.5) is 0 Å². The summed E-state index contributed by atoms with van der Waals surface area (Å²) in [5, 5.41) is 0. The molecule has 1 saturated carbocycles. The van der Waals surface area contributed by atoms with Gasteiger partial charge in [-0.1, -0.05) is 10.6 Å². The monoisotopic (exact) mass is 255 g/mol. The number of carbonyl (C=O) groups excluding carboxylic acids is 1. The van der Waals surface area contributed by atoms with Crippen LogP contribution in [-0.2, 0) is 9.63 Å². The van der Waals surface area contributed by atoms with Gasteiger partial charge in [0.05, 0.1) is 28.8 Å². The standard InChI is InChI=1S/C6H10INO2/c1-4-2-3-5(4)6(9)10-8-7/h4-5,8H,2-3H2,1H3. The highest BCUT2D eigenvalue weighted by Crippen LogP contribution is 2.34. The molecule has 0 aromatic heterocycles. The number of hydrogen-bond acceptors (Lipinski definition) is 3. The molecule has 0 amide bonds. The third-order valence-corrected chi connectivity index (χ3v) is 2.28. The molecular weight excluding hydrogens is 245 g/mol. The van der Waals surface area contributed by atoms with Crippen LogP contribution in [-0.4, -0.2) is 5.97 Å². The molecule has 0 radical (unpaired) electrons. The minimum atomic E-state index is -0.117. The molecule has 1 rings (SSSR count). The molecule has 4 heteroatoms. The van der Waals surface area contributed by atoms with Gasteiger partial charge in [-0.25, -0.2) is 0 Å². The fraction of sp³-hybridized carbons (Fsp3) is 0.833. The molecule has 0 saturated heterocycles. The zero-order valence-electron chi connectivity index (χ0n) is 5.76. The smallest absolute Gasteiger partial charge is 0.329 e. The number of hydrogen-bond donors (Lipinski definition) is 1. The van der Waals surface area contributed by atoms with E-state index in [-0.39, 0.29) is 11.9 Å². The van der Waals surface area contributed by atoms with Gasteiger partial charge < -0.3 is 4.84 Å². The maximum Gasteiger partial charge on any atom is 0.329 e. The summed E-state index contributed by atoms with van der Waals surface area (Å²) in [4.78, 5) is 15.6. The fourth-order valence-corrected chi connectivity index (χ4v) is 1.35. The summed E-state index contributed by atoms with van der Waals surface area (Å²) in [5.41, 5.74) is 0. The van der Waals surface area contributed by atoms with Crippen molar-refractivity contribution in [3.8, 4) is 0 Å². The molecule has 3 nitrogen and oxygen atoms in total. The van der Waals surface area contributed by atoms with Crippen molar-refractivity contribution in [3.63, 3.8) is 0 Å². The Morgan fingerprint density at radius 1 is 1.70 bits per heavy atom. The molecule has 0 aromatic carbocycles. The Bertz CT molecular complexity index is 140. The molecule has 2 unspecified atom stereocenters. The van der Waals surface area contributed by atoms with Crippen LogP contribution in [0.15, 0.2) is 0 Å². The van der Waals surface area contributed by atoms with Crippen molar-refractivity contribution < 1.29 is 9.63 Å². The van der Waals surface area contributed by atoms with Gasteiger partial charge in [0.15, 0.2) is 0 Å². The van der Waals surface area contributed by atoms with Crippen LogP contribution in [0.1, 0.15) is 19.8 Å². The SMILES string of the molecule is CC1CCC1C(=O)ONI. The summed E-state index contributed by atoms with van der Waals surface area (Å²) in [6.07, 6.45) is 2.14. The molecule has 0 heterocycles. The minimum Gasteiger partial charge on any atom is -0.361 e. The normalized spacial score (nSPS) is 31.0. The largest absolute Gasteiger partial charge is 0.361 e. The predicted octanol–water partition coefficient (Wildman–Crippen LogP) is 1.43. The van der Waals surface area contributed by atoms with Crippen molar-refractivity contribution >= 4 is 28.8 Å². The molecule has 2 atom stereocenters. The molecule has 10 heavy (non-hydrogen) atoms. The van der Waals surface area contributed by atoms with Crippen molar-refractivity contribution in [1.29, 1.82) is 0 Å². The van der Waals surface area contributed by atoms with E-state index in [1.54, 1.807) is 22.9 Å². The summed E-state index contributed by atoms with van der Waals surface area (Å²) in [6, 6.07) is 0. The number of nitrogens with one attached hydrogen (secondary N) is 1. The third kappa shape index (κ3) is 1.60. The number of halogens is 1. The van der Waals surface area contributed by atoms with Crippen molar-refractivity contribution in [1.82, 2.24) is 3.69 Å². The number of rotatable bonds is 2. The first-order chi connectivity index (χ1) is 4.75. The topological polar surface area (TPSA) is 38.3 Å². The van der Waals surface area contributed by atoms with E-state index in [0.717, 1.165) is 12.8 Å². The Balaban J connectivity index is 2.27. The van der Waals surface area contributed by atoms with Crippen molar-refractivity contribution in [3.05, 3.63) is 0 Å².